The smallest absolute Gasteiger partial charge is 0.261 e. The molecule has 1 aromatic heterocycles. The van der Waals surface area contributed by atoms with E-state index in [-0.39, 0.29) is 5.91 Å². The van der Waals surface area contributed by atoms with Gasteiger partial charge in [-0.25, -0.2) is 0 Å². The summed E-state index contributed by atoms with van der Waals surface area (Å²) in [5.74, 6) is -0.0598. The van der Waals surface area contributed by atoms with Crippen molar-refractivity contribution in [2.24, 2.45) is 0 Å². The number of hydrogen-bond acceptors (Lipinski definition) is 3. The third kappa shape index (κ3) is 6.05. The van der Waals surface area contributed by atoms with Crippen LogP contribution in [0.25, 0.3) is 0 Å². The summed E-state index contributed by atoms with van der Waals surface area (Å²) in [5, 5.41) is 2.84. The number of thiophene rings is 1. The summed E-state index contributed by atoms with van der Waals surface area (Å²) in [5.41, 5.74) is 0. The summed E-state index contributed by atoms with van der Waals surface area (Å²) in [7, 11) is 0. The highest BCUT2D eigenvalue weighted by atomic mass is 35.5. The molecular formula is C12H18ClNO2S. The quantitative estimate of drug-likeness (QED) is 0.739. The molecule has 0 bridgehead atoms. The molecule has 0 radical (unpaired) electrons. The lowest BCUT2D eigenvalue weighted by Gasteiger charge is -2.04. The van der Waals surface area contributed by atoms with Gasteiger partial charge in [0.2, 0.25) is 0 Å². The van der Waals surface area contributed by atoms with Crippen molar-refractivity contribution in [1.29, 1.82) is 0 Å². The zero-order chi connectivity index (χ0) is 12.5. The average Bonchev–Trinajstić information content (AvgIpc) is 2.74. The van der Waals surface area contributed by atoms with Gasteiger partial charge in [0.1, 0.15) is 0 Å². The van der Waals surface area contributed by atoms with Gasteiger partial charge in [-0.05, 0) is 25.0 Å². The molecule has 3 nitrogen and oxygen atoms in total. The lowest BCUT2D eigenvalue weighted by molar-refractivity contribution is 0.0944. The van der Waals surface area contributed by atoms with Crippen molar-refractivity contribution < 1.29 is 9.53 Å². The fourth-order valence-corrected chi connectivity index (χ4v) is 2.21. The van der Waals surface area contributed by atoms with Crippen LogP contribution in [0, 0.1) is 0 Å². The van der Waals surface area contributed by atoms with Crippen molar-refractivity contribution in [1.82, 2.24) is 5.32 Å². The Morgan fingerprint density at radius 1 is 1.41 bits per heavy atom. The summed E-state index contributed by atoms with van der Waals surface area (Å²) in [6.45, 7) is 4.28. The van der Waals surface area contributed by atoms with E-state index in [1.807, 2.05) is 0 Å². The van der Waals surface area contributed by atoms with E-state index in [1.54, 1.807) is 12.1 Å². The molecule has 0 unspecified atom stereocenters. The summed E-state index contributed by atoms with van der Waals surface area (Å²) >= 11 is 7.05. The fraction of sp³-hybridized carbons (Fsp3) is 0.583. The van der Waals surface area contributed by atoms with E-state index < -0.39 is 0 Å². The maximum absolute atomic E-state index is 11.6. The summed E-state index contributed by atoms with van der Waals surface area (Å²) in [6, 6.07) is 3.47. The first kappa shape index (κ1) is 14.5. The molecule has 1 amide bonds. The third-order valence-electron chi connectivity index (χ3n) is 2.19. The number of halogens is 1. The van der Waals surface area contributed by atoms with Gasteiger partial charge in [0.15, 0.2) is 0 Å². The lowest BCUT2D eigenvalue weighted by atomic mass is 10.3. The van der Waals surface area contributed by atoms with Gasteiger partial charge in [-0.3, -0.25) is 4.79 Å². The molecule has 1 N–H and O–H groups in total. The maximum Gasteiger partial charge on any atom is 0.261 e. The van der Waals surface area contributed by atoms with Gasteiger partial charge in [-0.2, -0.15) is 0 Å². The summed E-state index contributed by atoms with van der Waals surface area (Å²) < 4.78 is 6.03. The van der Waals surface area contributed by atoms with E-state index in [9.17, 15) is 4.79 Å². The van der Waals surface area contributed by atoms with Gasteiger partial charge in [-0.1, -0.05) is 24.9 Å². The molecule has 17 heavy (non-hydrogen) atoms. The molecular weight excluding hydrogens is 258 g/mol. The number of carbonyl (C=O) groups is 1. The van der Waals surface area contributed by atoms with Crippen LogP contribution < -0.4 is 5.32 Å². The van der Waals surface area contributed by atoms with E-state index >= 15 is 0 Å². The number of ether oxygens (including phenoxy) is 1. The predicted octanol–water partition coefficient (Wildman–Crippen LogP) is 3.34. The second-order valence-electron chi connectivity index (χ2n) is 3.68. The Morgan fingerprint density at radius 2 is 2.18 bits per heavy atom. The molecule has 0 aliphatic carbocycles. The minimum atomic E-state index is -0.0598. The summed E-state index contributed by atoms with van der Waals surface area (Å²) in [4.78, 5) is 12.2. The van der Waals surface area contributed by atoms with Crippen molar-refractivity contribution in [2.75, 3.05) is 19.8 Å². The molecule has 0 atom stereocenters. The first-order valence-electron chi connectivity index (χ1n) is 5.85. The molecule has 1 heterocycles. The first-order valence-corrected chi connectivity index (χ1v) is 7.04. The molecule has 0 saturated carbocycles. The van der Waals surface area contributed by atoms with Gasteiger partial charge in [0.05, 0.1) is 9.21 Å². The van der Waals surface area contributed by atoms with Gasteiger partial charge in [0, 0.05) is 19.8 Å². The molecule has 0 saturated heterocycles. The number of rotatable bonds is 8. The van der Waals surface area contributed by atoms with Crippen molar-refractivity contribution in [3.8, 4) is 0 Å². The van der Waals surface area contributed by atoms with Crippen LogP contribution in [-0.4, -0.2) is 25.7 Å². The largest absolute Gasteiger partial charge is 0.381 e. The number of carbonyl (C=O) groups excluding carboxylic acids is 1. The Bertz CT molecular complexity index is 341. The molecule has 0 aliphatic heterocycles. The second kappa shape index (κ2) is 8.50. The SMILES string of the molecule is CCCCOCCCNC(=O)c1ccc(Cl)s1. The first-order chi connectivity index (χ1) is 8.24. The highest BCUT2D eigenvalue weighted by Crippen LogP contribution is 2.20. The minimum absolute atomic E-state index is 0.0598. The molecule has 0 fully saturated rings. The molecule has 96 valence electrons. The van der Waals surface area contributed by atoms with E-state index in [4.69, 9.17) is 16.3 Å². The fourth-order valence-electron chi connectivity index (χ4n) is 1.25. The maximum atomic E-state index is 11.6. The Balaban J connectivity index is 2.05. The topological polar surface area (TPSA) is 38.3 Å². The van der Waals surface area contributed by atoms with Crippen LogP contribution in [0.2, 0.25) is 4.34 Å². The normalized spacial score (nSPS) is 10.5. The molecule has 5 heteroatoms. The van der Waals surface area contributed by atoms with Gasteiger partial charge >= 0.3 is 0 Å². The van der Waals surface area contributed by atoms with Crippen LogP contribution in [0.3, 0.4) is 0 Å². The summed E-state index contributed by atoms with van der Waals surface area (Å²) in [6.07, 6.45) is 3.09. The Labute approximate surface area is 111 Å². The molecule has 1 rings (SSSR count). The van der Waals surface area contributed by atoms with Crippen LogP contribution >= 0.6 is 22.9 Å². The number of nitrogens with one attached hydrogen (secondary N) is 1. The van der Waals surface area contributed by atoms with Crippen molar-refractivity contribution in [3.05, 3.63) is 21.3 Å². The average molecular weight is 276 g/mol. The zero-order valence-electron chi connectivity index (χ0n) is 10.0. The Kier molecular flexibility index (Phi) is 7.24. The standard InChI is InChI=1S/C12H18ClNO2S/c1-2-3-8-16-9-4-7-14-12(15)10-5-6-11(13)17-10/h5-6H,2-4,7-9H2,1H3,(H,14,15). The van der Waals surface area contributed by atoms with E-state index in [0.29, 0.717) is 22.4 Å². The molecule has 0 aliphatic rings. The van der Waals surface area contributed by atoms with E-state index in [1.165, 1.54) is 11.3 Å². The number of unbranched alkanes of at least 4 members (excludes halogenated alkanes) is 1. The number of hydrogen-bond donors (Lipinski definition) is 1. The third-order valence-corrected chi connectivity index (χ3v) is 3.42. The predicted molar refractivity (Wildman–Crippen MR) is 72.0 cm³/mol. The highest BCUT2D eigenvalue weighted by molar-refractivity contribution is 7.17. The molecule has 1 aromatic rings. The lowest BCUT2D eigenvalue weighted by Crippen LogP contribution is -2.24. The van der Waals surface area contributed by atoms with Crippen molar-refractivity contribution >= 4 is 28.8 Å². The molecule has 0 spiro atoms. The van der Waals surface area contributed by atoms with Gasteiger partial charge in [0.25, 0.3) is 5.91 Å². The van der Waals surface area contributed by atoms with E-state index in [0.717, 1.165) is 25.9 Å². The van der Waals surface area contributed by atoms with Crippen LogP contribution in [-0.2, 0) is 4.74 Å². The van der Waals surface area contributed by atoms with Crippen LogP contribution in [0.4, 0.5) is 0 Å². The van der Waals surface area contributed by atoms with Gasteiger partial charge < -0.3 is 10.1 Å². The van der Waals surface area contributed by atoms with Crippen LogP contribution in [0.15, 0.2) is 12.1 Å². The van der Waals surface area contributed by atoms with Crippen LogP contribution in [0.1, 0.15) is 35.9 Å². The zero-order valence-corrected chi connectivity index (χ0v) is 11.6. The minimum Gasteiger partial charge on any atom is -0.381 e. The van der Waals surface area contributed by atoms with Crippen molar-refractivity contribution in [3.63, 3.8) is 0 Å². The Hall–Kier alpha value is -0.580. The number of amides is 1. The van der Waals surface area contributed by atoms with E-state index in [2.05, 4.69) is 12.2 Å². The molecule has 0 aromatic carbocycles. The second-order valence-corrected chi connectivity index (χ2v) is 5.39. The van der Waals surface area contributed by atoms with Gasteiger partial charge in [-0.15, -0.1) is 11.3 Å². The van der Waals surface area contributed by atoms with Crippen molar-refractivity contribution in [2.45, 2.75) is 26.2 Å². The highest BCUT2D eigenvalue weighted by Gasteiger charge is 2.07. The van der Waals surface area contributed by atoms with Crippen LogP contribution in [0.5, 0.6) is 0 Å². The monoisotopic (exact) mass is 275 g/mol. The Morgan fingerprint density at radius 3 is 2.82 bits per heavy atom.